The molecule has 5 heteroatoms. The van der Waals surface area contributed by atoms with E-state index in [9.17, 15) is 4.79 Å². The Balaban J connectivity index is 2.01. The molecule has 0 saturated carbocycles. The number of halogens is 1. The van der Waals surface area contributed by atoms with Gasteiger partial charge in [0.2, 0.25) is 5.91 Å². The van der Waals surface area contributed by atoms with Crippen molar-refractivity contribution in [2.24, 2.45) is 0 Å². The second-order valence-corrected chi connectivity index (χ2v) is 6.53. The summed E-state index contributed by atoms with van der Waals surface area (Å²) in [5, 5.41) is 3.42. The summed E-state index contributed by atoms with van der Waals surface area (Å²) >= 11 is 7.69. The number of nitrogens with one attached hydrogen (secondary N) is 1. The molecule has 100 valence electrons. The van der Waals surface area contributed by atoms with Crippen molar-refractivity contribution >= 4 is 28.8 Å². The van der Waals surface area contributed by atoms with Gasteiger partial charge in [0.15, 0.2) is 0 Å². The van der Waals surface area contributed by atoms with Crippen LogP contribution >= 0.6 is 22.9 Å². The fourth-order valence-corrected chi connectivity index (χ4v) is 3.72. The molecule has 0 aliphatic heterocycles. The zero-order valence-corrected chi connectivity index (χ0v) is 12.6. The first-order chi connectivity index (χ1) is 8.52. The van der Waals surface area contributed by atoms with Gasteiger partial charge in [0.25, 0.3) is 0 Å². The number of rotatable bonds is 4. The van der Waals surface area contributed by atoms with Gasteiger partial charge in [-0.2, -0.15) is 0 Å². The zero-order valence-electron chi connectivity index (χ0n) is 11.0. The van der Waals surface area contributed by atoms with Gasteiger partial charge in [0.05, 0.1) is 10.4 Å². The summed E-state index contributed by atoms with van der Waals surface area (Å²) in [5.41, 5.74) is 1.28. The van der Waals surface area contributed by atoms with Crippen LogP contribution < -0.4 is 5.32 Å². The molecule has 1 aliphatic carbocycles. The lowest BCUT2D eigenvalue weighted by Crippen LogP contribution is -2.44. The van der Waals surface area contributed by atoms with Crippen molar-refractivity contribution < 1.29 is 4.79 Å². The molecule has 2 rings (SSSR count). The molecule has 1 amide bonds. The number of carbonyl (C=O) groups excluding carboxylic acids is 1. The molecule has 2 atom stereocenters. The molecule has 0 bridgehead atoms. The lowest BCUT2D eigenvalue weighted by atomic mass is 10.1. The van der Waals surface area contributed by atoms with Gasteiger partial charge in [-0.1, -0.05) is 11.6 Å². The number of thiophene rings is 1. The summed E-state index contributed by atoms with van der Waals surface area (Å²) in [5.74, 6) is 0.146. The van der Waals surface area contributed by atoms with Crippen LogP contribution in [0.4, 0.5) is 0 Å². The average molecular weight is 287 g/mol. The third kappa shape index (κ3) is 2.71. The van der Waals surface area contributed by atoms with E-state index >= 15 is 0 Å². The number of carbonyl (C=O) groups is 1. The predicted octanol–water partition coefficient (Wildman–Crippen LogP) is 2.85. The van der Waals surface area contributed by atoms with Crippen molar-refractivity contribution in [3.63, 3.8) is 0 Å². The highest BCUT2D eigenvalue weighted by Crippen LogP contribution is 2.39. The zero-order chi connectivity index (χ0) is 13.3. The standard InChI is InChI=1S/C13H19ClN2OS/c1-4-16(3)13(17)8(2)15-10-5-6-11-9(10)7-12(14)18-11/h7-8,10,15H,4-6H2,1-3H3. The maximum absolute atomic E-state index is 12.0. The summed E-state index contributed by atoms with van der Waals surface area (Å²) in [6, 6.07) is 2.16. The van der Waals surface area contributed by atoms with E-state index in [1.54, 1.807) is 16.2 Å². The summed E-state index contributed by atoms with van der Waals surface area (Å²) in [6.07, 6.45) is 2.13. The lowest BCUT2D eigenvalue weighted by molar-refractivity contribution is -0.131. The van der Waals surface area contributed by atoms with Crippen molar-refractivity contribution in [1.29, 1.82) is 0 Å². The fourth-order valence-electron chi connectivity index (χ4n) is 2.36. The van der Waals surface area contributed by atoms with Crippen molar-refractivity contribution in [3.05, 3.63) is 20.8 Å². The Hall–Kier alpha value is -0.580. The van der Waals surface area contributed by atoms with E-state index in [-0.39, 0.29) is 18.0 Å². The maximum atomic E-state index is 12.0. The van der Waals surface area contributed by atoms with Crippen molar-refractivity contribution in [3.8, 4) is 0 Å². The molecule has 3 nitrogen and oxygen atoms in total. The topological polar surface area (TPSA) is 32.3 Å². The Labute approximate surface area is 117 Å². The van der Waals surface area contributed by atoms with E-state index in [1.165, 1.54) is 10.4 Å². The van der Waals surface area contributed by atoms with Crippen LogP contribution in [-0.2, 0) is 11.2 Å². The molecular weight excluding hydrogens is 268 g/mol. The molecule has 0 saturated heterocycles. The SMILES string of the molecule is CCN(C)C(=O)C(C)NC1CCc2sc(Cl)cc21. The summed E-state index contributed by atoms with van der Waals surface area (Å²) in [7, 11) is 1.84. The first-order valence-electron chi connectivity index (χ1n) is 6.32. The van der Waals surface area contributed by atoms with Crippen molar-refractivity contribution in [2.45, 2.75) is 38.8 Å². The molecule has 1 aliphatic rings. The third-order valence-electron chi connectivity index (χ3n) is 3.52. The van der Waals surface area contributed by atoms with Crippen LogP contribution in [-0.4, -0.2) is 30.4 Å². The highest BCUT2D eigenvalue weighted by Gasteiger charge is 2.28. The number of fused-ring (bicyclic) bond motifs is 1. The van der Waals surface area contributed by atoms with E-state index in [0.717, 1.165) is 23.7 Å². The minimum atomic E-state index is -0.149. The molecule has 1 aromatic rings. The van der Waals surface area contributed by atoms with E-state index < -0.39 is 0 Å². The van der Waals surface area contributed by atoms with Crippen LogP contribution in [0.3, 0.4) is 0 Å². The van der Waals surface area contributed by atoms with Gasteiger partial charge in [-0.25, -0.2) is 0 Å². The largest absolute Gasteiger partial charge is 0.345 e. The maximum Gasteiger partial charge on any atom is 0.239 e. The minimum Gasteiger partial charge on any atom is -0.345 e. The Morgan fingerprint density at radius 2 is 2.44 bits per heavy atom. The van der Waals surface area contributed by atoms with Crippen LogP contribution in [0.25, 0.3) is 0 Å². The van der Waals surface area contributed by atoms with Crippen LogP contribution in [0.1, 0.15) is 36.8 Å². The van der Waals surface area contributed by atoms with Crippen LogP contribution in [0, 0.1) is 0 Å². The molecule has 1 heterocycles. The molecule has 2 unspecified atom stereocenters. The lowest BCUT2D eigenvalue weighted by Gasteiger charge is -2.23. The Bertz CT molecular complexity index is 446. The van der Waals surface area contributed by atoms with E-state index in [1.807, 2.05) is 27.0 Å². The highest BCUT2D eigenvalue weighted by molar-refractivity contribution is 7.16. The normalized spacial score (nSPS) is 19.7. The Morgan fingerprint density at radius 1 is 1.72 bits per heavy atom. The van der Waals surface area contributed by atoms with Crippen LogP contribution in [0.2, 0.25) is 4.34 Å². The van der Waals surface area contributed by atoms with Crippen molar-refractivity contribution in [2.75, 3.05) is 13.6 Å². The third-order valence-corrected chi connectivity index (χ3v) is 4.86. The highest BCUT2D eigenvalue weighted by atomic mass is 35.5. The molecule has 0 aromatic carbocycles. The second kappa shape index (κ2) is 5.59. The molecule has 0 radical (unpaired) electrons. The minimum absolute atomic E-state index is 0.146. The smallest absolute Gasteiger partial charge is 0.239 e. The first kappa shape index (κ1) is 13.8. The molecule has 1 N–H and O–H groups in total. The van der Waals surface area contributed by atoms with Gasteiger partial charge in [-0.3, -0.25) is 10.1 Å². The number of aryl methyl sites for hydroxylation is 1. The quantitative estimate of drug-likeness (QED) is 0.923. The molecule has 18 heavy (non-hydrogen) atoms. The first-order valence-corrected chi connectivity index (χ1v) is 7.51. The Morgan fingerprint density at radius 3 is 3.11 bits per heavy atom. The number of nitrogens with zero attached hydrogens (tertiary/aromatic N) is 1. The van der Waals surface area contributed by atoms with Gasteiger partial charge < -0.3 is 4.90 Å². The number of likely N-dealkylation sites (N-methyl/N-ethyl adjacent to an activating group) is 1. The van der Waals surface area contributed by atoms with E-state index in [4.69, 9.17) is 11.6 Å². The predicted molar refractivity (Wildman–Crippen MR) is 76.3 cm³/mol. The van der Waals surface area contributed by atoms with Gasteiger partial charge in [0.1, 0.15) is 0 Å². The number of amides is 1. The van der Waals surface area contributed by atoms with Gasteiger partial charge in [-0.15, -0.1) is 11.3 Å². The van der Waals surface area contributed by atoms with Gasteiger partial charge in [0, 0.05) is 24.5 Å². The summed E-state index contributed by atoms with van der Waals surface area (Å²) in [6.45, 7) is 4.66. The van der Waals surface area contributed by atoms with Crippen LogP contribution in [0.15, 0.2) is 6.07 Å². The van der Waals surface area contributed by atoms with Crippen molar-refractivity contribution in [1.82, 2.24) is 10.2 Å². The Kier molecular flexibility index (Phi) is 4.30. The number of hydrogen-bond donors (Lipinski definition) is 1. The monoisotopic (exact) mass is 286 g/mol. The van der Waals surface area contributed by atoms with E-state index in [2.05, 4.69) is 5.32 Å². The summed E-state index contributed by atoms with van der Waals surface area (Å²) < 4.78 is 0.844. The van der Waals surface area contributed by atoms with E-state index in [0.29, 0.717) is 0 Å². The second-order valence-electron chi connectivity index (χ2n) is 4.76. The van der Waals surface area contributed by atoms with Gasteiger partial charge >= 0.3 is 0 Å². The fraction of sp³-hybridized carbons (Fsp3) is 0.615. The molecular formula is C13H19ClN2OS. The molecule has 1 aromatic heterocycles. The molecule has 0 fully saturated rings. The average Bonchev–Trinajstić information content (AvgIpc) is 2.88. The van der Waals surface area contributed by atoms with Crippen LogP contribution in [0.5, 0.6) is 0 Å². The summed E-state index contributed by atoms with van der Waals surface area (Å²) in [4.78, 5) is 15.1. The number of hydrogen-bond acceptors (Lipinski definition) is 3. The molecule has 0 spiro atoms. The van der Waals surface area contributed by atoms with Gasteiger partial charge in [-0.05, 0) is 38.3 Å².